The molecule has 0 amide bonds. The fourth-order valence-electron chi connectivity index (χ4n) is 1.34. The van der Waals surface area contributed by atoms with Crippen molar-refractivity contribution >= 4 is 11.0 Å². The van der Waals surface area contributed by atoms with E-state index in [1.807, 2.05) is 0 Å². The molecular weight excluding hydrogens is 200 g/mol. The summed E-state index contributed by atoms with van der Waals surface area (Å²) in [6.45, 7) is 0. The minimum atomic E-state index is -0.784. The van der Waals surface area contributed by atoms with Crippen LogP contribution in [0.5, 0.6) is 17.2 Å². The van der Waals surface area contributed by atoms with Crippen LogP contribution in [0, 0.1) is 0 Å². The number of hydrogen-bond acceptors (Lipinski definition) is 5. The molecule has 0 radical (unpaired) electrons. The fraction of sp³-hybridized carbons (Fsp3) is 0.100. The van der Waals surface area contributed by atoms with Crippen molar-refractivity contribution in [2.24, 2.45) is 0 Å². The Morgan fingerprint density at radius 3 is 2.73 bits per heavy atom. The number of benzene rings is 1. The topological polar surface area (TPSA) is 79.9 Å². The molecule has 78 valence electrons. The number of phenols is 1. The number of rotatable bonds is 1. The molecule has 1 aromatic heterocycles. The molecule has 1 aromatic carbocycles. The lowest BCUT2D eigenvalue weighted by Crippen LogP contribution is -2.03. The highest BCUT2D eigenvalue weighted by molar-refractivity contribution is 5.86. The van der Waals surface area contributed by atoms with Gasteiger partial charge in [0, 0.05) is 6.07 Å². The fourth-order valence-corrected chi connectivity index (χ4v) is 1.34. The van der Waals surface area contributed by atoms with E-state index in [0.717, 1.165) is 0 Å². The molecule has 0 unspecified atom stereocenters. The zero-order valence-electron chi connectivity index (χ0n) is 7.85. The maximum Gasteiger partial charge on any atom is 0.383 e. The molecule has 5 nitrogen and oxygen atoms in total. The van der Waals surface area contributed by atoms with Crippen molar-refractivity contribution in [3.05, 3.63) is 28.6 Å². The van der Waals surface area contributed by atoms with Crippen LogP contribution in [0.15, 0.2) is 27.4 Å². The standard InChI is InChI=1S/C10H8O5/c1-14-9-8(12)6-3-2-5(11)4-7(6)15-10(9)13/h2-4,11-12H,1H3. The quantitative estimate of drug-likeness (QED) is 0.688. The third-order valence-corrected chi connectivity index (χ3v) is 2.03. The first kappa shape index (κ1) is 9.39. The van der Waals surface area contributed by atoms with E-state index < -0.39 is 5.63 Å². The minimum absolute atomic E-state index is 0.0461. The van der Waals surface area contributed by atoms with E-state index in [0.29, 0.717) is 5.39 Å². The van der Waals surface area contributed by atoms with Gasteiger partial charge in [-0.3, -0.25) is 0 Å². The number of phenolic OH excluding ortho intramolecular Hbond substituents is 1. The summed E-state index contributed by atoms with van der Waals surface area (Å²) in [4.78, 5) is 11.3. The molecule has 0 fully saturated rings. The Labute approximate surface area is 84.1 Å². The molecule has 0 saturated heterocycles. The van der Waals surface area contributed by atoms with Crippen LogP contribution in [0.1, 0.15) is 0 Å². The second kappa shape index (κ2) is 3.20. The highest BCUT2D eigenvalue weighted by Gasteiger charge is 2.14. The number of ether oxygens (including phenoxy) is 1. The summed E-state index contributed by atoms with van der Waals surface area (Å²) in [5, 5.41) is 19.1. The molecule has 15 heavy (non-hydrogen) atoms. The van der Waals surface area contributed by atoms with E-state index in [1.165, 1.54) is 25.3 Å². The second-order valence-corrected chi connectivity index (χ2v) is 2.95. The van der Waals surface area contributed by atoms with E-state index in [2.05, 4.69) is 0 Å². The second-order valence-electron chi connectivity index (χ2n) is 2.95. The summed E-state index contributed by atoms with van der Waals surface area (Å²) in [5.74, 6) is -0.577. The van der Waals surface area contributed by atoms with Crippen LogP contribution < -0.4 is 10.4 Å². The molecule has 0 saturated carbocycles. The average Bonchev–Trinajstić information content (AvgIpc) is 2.17. The van der Waals surface area contributed by atoms with Crippen molar-refractivity contribution in [3.8, 4) is 17.2 Å². The summed E-state index contributed by atoms with van der Waals surface area (Å²) in [6, 6.07) is 4.06. The minimum Gasteiger partial charge on any atom is -0.508 e. The molecule has 2 N–H and O–H groups in total. The maximum atomic E-state index is 11.3. The van der Waals surface area contributed by atoms with Gasteiger partial charge in [-0.2, -0.15) is 0 Å². The van der Waals surface area contributed by atoms with E-state index in [4.69, 9.17) is 14.3 Å². The zero-order valence-corrected chi connectivity index (χ0v) is 7.85. The largest absolute Gasteiger partial charge is 0.508 e. The van der Waals surface area contributed by atoms with Gasteiger partial charge in [-0.05, 0) is 12.1 Å². The van der Waals surface area contributed by atoms with Crippen molar-refractivity contribution in [2.75, 3.05) is 7.11 Å². The number of fused-ring (bicyclic) bond motifs is 1. The van der Waals surface area contributed by atoms with Crippen molar-refractivity contribution in [1.29, 1.82) is 0 Å². The third-order valence-electron chi connectivity index (χ3n) is 2.03. The van der Waals surface area contributed by atoms with Crippen LogP contribution in [0.2, 0.25) is 0 Å². The Kier molecular flexibility index (Phi) is 2.00. The van der Waals surface area contributed by atoms with Crippen molar-refractivity contribution < 1.29 is 19.4 Å². The number of aromatic hydroxyl groups is 2. The SMILES string of the molecule is COc1c(O)c2ccc(O)cc2oc1=O. The molecule has 5 heteroatoms. The summed E-state index contributed by atoms with van der Waals surface area (Å²) in [5.41, 5.74) is -0.675. The van der Waals surface area contributed by atoms with Gasteiger partial charge in [0.05, 0.1) is 12.5 Å². The highest BCUT2D eigenvalue weighted by Crippen LogP contribution is 2.32. The van der Waals surface area contributed by atoms with Crippen LogP contribution in [0.25, 0.3) is 11.0 Å². The summed E-state index contributed by atoms with van der Waals surface area (Å²) < 4.78 is 9.54. The lowest BCUT2D eigenvalue weighted by molar-refractivity contribution is 0.351. The summed E-state index contributed by atoms with van der Waals surface area (Å²) in [7, 11) is 1.26. The Balaban J connectivity index is 2.91. The molecule has 0 aliphatic rings. The van der Waals surface area contributed by atoms with Gasteiger partial charge in [0.2, 0.25) is 5.75 Å². The van der Waals surface area contributed by atoms with E-state index in [-0.39, 0.29) is 22.8 Å². The summed E-state index contributed by atoms with van der Waals surface area (Å²) in [6.07, 6.45) is 0. The number of methoxy groups -OCH3 is 1. The normalized spacial score (nSPS) is 10.5. The Morgan fingerprint density at radius 2 is 2.07 bits per heavy atom. The molecule has 1 heterocycles. The first-order valence-corrected chi connectivity index (χ1v) is 4.16. The number of hydrogen-bond donors (Lipinski definition) is 2. The van der Waals surface area contributed by atoms with E-state index in [1.54, 1.807) is 0 Å². The summed E-state index contributed by atoms with van der Waals surface area (Å²) >= 11 is 0. The predicted octanol–water partition coefficient (Wildman–Crippen LogP) is 1.21. The first-order chi connectivity index (χ1) is 7.13. The van der Waals surface area contributed by atoms with Gasteiger partial charge in [0.1, 0.15) is 11.3 Å². The molecule has 2 rings (SSSR count). The molecule has 0 aliphatic heterocycles. The molecule has 0 spiro atoms. The van der Waals surface area contributed by atoms with Crippen LogP contribution in [-0.4, -0.2) is 17.3 Å². The van der Waals surface area contributed by atoms with Gasteiger partial charge in [-0.15, -0.1) is 0 Å². The van der Waals surface area contributed by atoms with Crippen molar-refractivity contribution in [1.82, 2.24) is 0 Å². The van der Waals surface area contributed by atoms with Gasteiger partial charge in [0.25, 0.3) is 0 Å². The Bertz CT molecular complexity index is 570. The van der Waals surface area contributed by atoms with Crippen LogP contribution in [0.4, 0.5) is 0 Å². The smallest absolute Gasteiger partial charge is 0.383 e. The Hall–Kier alpha value is -2.17. The van der Waals surface area contributed by atoms with Gasteiger partial charge in [-0.1, -0.05) is 0 Å². The van der Waals surface area contributed by atoms with Gasteiger partial charge >= 0.3 is 5.63 Å². The zero-order chi connectivity index (χ0) is 11.0. The molecule has 0 atom stereocenters. The van der Waals surface area contributed by atoms with Gasteiger partial charge in [-0.25, -0.2) is 4.79 Å². The molecule has 0 bridgehead atoms. The molecule has 0 aliphatic carbocycles. The Morgan fingerprint density at radius 1 is 1.33 bits per heavy atom. The van der Waals surface area contributed by atoms with E-state index in [9.17, 15) is 9.90 Å². The third kappa shape index (κ3) is 1.38. The predicted molar refractivity (Wildman–Crippen MR) is 52.4 cm³/mol. The maximum absolute atomic E-state index is 11.3. The monoisotopic (exact) mass is 208 g/mol. The van der Waals surface area contributed by atoms with Crippen molar-refractivity contribution in [3.63, 3.8) is 0 Å². The van der Waals surface area contributed by atoms with Crippen molar-refractivity contribution in [2.45, 2.75) is 0 Å². The molecule has 2 aromatic rings. The highest BCUT2D eigenvalue weighted by atomic mass is 16.5. The average molecular weight is 208 g/mol. The van der Waals surface area contributed by atoms with Gasteiger partial charge < -0.3 is 19.4 Å². The lowest BCUT2D eigenvalue weighted by atomic mass is 10.2. The van der Waals surface area contributed by atoms with Crippen LogP contribution in [0.3, 0.4) is 0 Å². The molecular formula is C10H8O5. The van der Waals surface area contributed by atoms with E-state index >= 15 is 0 Å². The van der Waals surface area contributed by atoms with Gasteiger partial charge in [0.15, 0.2) is 5.75 Å². The lowest BCUT2D eigenvalue weighted by Gasteiger charge is -2.04. The van der Waals surface area contributed by atoms with Crippen LogP contribution >= 0.6 is 0 Å². The van der Waals surface area contributed by atoms with Crippen LogP contribution in [-0.2, 0) is 0 Å². The first-order valence-electron chi connectivity index (χ1n) is 4.16.